The molecule has 7 nitrogen and oxygen atoms in total. The van der Waals surface area contributed by atoms with Gasteiger partial charge in [0.05, 0.1) is 11.6 Å². The molecule has 2 heterocycles. The molecule has 2 unspecified atom stereocenters. The number of carbonyl (C=O) groups is 2. The molecule has 2 aliphatic heterocycles. The quantitative estimate of drug-likeness (QED) is 0.212. The number of likely N-dealkylation sites (tertiary alicyclic amines) is 1. The lowest BCUT2D eigenvalue weighted by atomic mass is 9.94. The molecule has 208 valence electrons. The number of likely N-dealkylation sites (N-methyl/N-ethyl adjacent to an activating group) is 1. The first kappa shape index (κ1) is 27.5. The molecular weight excluding hydrogens is 504 g/mol. The summed E-state index contributed by atoms with van der Waals surface area (Å²) in [5.41, 5.74) is 3.39. The van der Waals surface area contributed by atoms with Crippen LogP contribution in [0.15, 0.2) is 78.4 Å². The number of hydrogen-bond donors (Lipinski definition) is 1. The molecule has 1 fully saturated rings. The molecule has 3 aromatic carbocycles. The van der Waals surface area contributed by atoms with Crippen molar-refractivity contribution in [2.75, 3.05) is 26.2 Å². The summed E-state index contributed by atoms with van der Waals surface area (Å²) in [5, 5.41) is 11.5. The van der Waals surface area contributed by atoms with Crippen LogP contribution in [0.2, 0.25) is 0 Å². The van der Waals surface area contributed by atoms with E-state index in [-0.39, 0.29) is 17.4 Å². The second kappa shape index (κ2) is 12.0. The molecule has 40 heavy (non-hydrogen) atoms. The van der Waals surface area contributed by atoms with E-state index in [1.54, 1.807) is 11.0 Å². The lowest BCUT2D eigenvalue weighted by Crippen LogP contribution is -2.38. The van der Waals surface area contributed by atoms with Crippen LogP contribution in [-0.4, -0.2) is 58.9 Å². The molecule has 1 N–H and O–H groups in total. The van der Waals surface area contributed by atoms with Crippen LogP contribution in [0.5, 0.6) is 11.5 Å². The summed E-state index contributed by atoms with van der Waals surface area (Å²) in [6.45, 7) is 9.25. The zero-order chi connectivity index (χ0) is 28.2. The van der Waals surface area contributed by atoms with E-state index in [1.165, 1.54) is 0 Å². The predicted molar refractivity (Wildman–Crippen MR) is 154 cm³/mol. The fraction of sp³-hybridized carbons (Fsp3) is 0.333. The van der Waals surface area contributed by atoms with Crippen molar-refractivity contribution in [3.63, 3.8) is 0 Å². The van der Waals surface area contributed by atoms with Crippen molar-refractivity contribution >= 4 is 17.4 Å². The van der Waals surface area contributed by atoms with E-state index in [0.29, 0.717) is 31.0 Å². The number of Topliss-reactive ketones (excluding diaryl/α,β-unsaturated/α-hetero) is 1. The van der Waals surface area contributed by atoms with E-state index < -0.39 is 17.7 Å². The van der Waals surface area contributed by atoms with Crippen LogP contribution in [0.3, 0.4) is 0 Å². The standard InChI is InChI=1S/C33H36N2O5/c1-4-34(5-2)17-18-35-30(24-11-14-27(15-12-24)39-21-23-9-7-6-8-10-23)29(32(37)33(35)38)31(36)25-13-16-28-26(20-25)19-22(3)40-28/h6-16,20,22,30,36H,4-5,17-19,21H2,1-3H3/b31-29+. The molecule has 3 aromatic rings. The molecule has 0 spiro atoms. The molecule has 0 bridgehead atoms. The number of carbonyl (C=O) groups excluding carboxylic acids is 2. The van der Waals surface area contributed by atoms with E-state index in [0.717, 1.165) is 42.0 Å². The minimum Gasteiger partial charge on any atom is -0.507 e. The van der Waals surface area contributed by atoms with Gasteiger partial charge in [0.2, 0.25) is 0 Å². The minimum atomic E-state index is -0.706. The van der Waals surface area contributed by atoms with Gasteiger partial charge in [-0.05, 0) is 67.0 Å². The minimum absolute atomic E-state index is 0.0562. The molecule has 2 atom stereocenters. The molecule has 1 saturated heterocycles. The molecule has 5 rings (SSSR count). The van der Waals surface area contributed by atoms with E-state index in [9.17, 15) is 14.7 Å². The molecule has 1 amide bonds. The van der Waals surface area contributed by atoms with Gasteiger partial charge in [-0.15, -0.1) is 0 Å². The van der Waals surface area contributed by atoms with Crippen LogP contribution < -0.4 is 9.47 Å². The number of ether oxygens (including phenoxy) is 2. The normalized spacial score (nSPS) is 19.6. The lowest BCUT2D eigenvalue weighted by Gasteiger charge is -2.28. The zero-order valence-corrected chi connectivity index (χ0v) is 23.3. The van der Waals surface area contributed by atoms with Gasteiger partial charge in [0.15, 0.2) is 0 Å². The van der Waals surface area contributed by atoms with E-state index in [1.807, 2.05) is 73.7 Å². The smallest absolute Gasteiger partial charge is 0.295 e. The van der Waals surface area contributed by atoms with Crippen molar-refractivity contribution in [1.29, 1.82) is 0 Å². The highest BCUT2D eigenvalue weighted by molar-refractivity contribution is 6.46. The van der Waals surface area contributed by atoms with Crippen LogP contribution in [0.25, 0.3) is 5.76 Å². The highest BCUT2D eigenvalue weighted by atomic mass is 16.5. The molecule has 7 heteroatoms. The maximum atomic E-state index is 13.4. The van der Waals surface area contributed by atoms with Gasteiger partial charge in [0.25, 0.3) is 11.7 Å². The first-order valence-electron chi connectivity index (χ1n) is 14.0. The zero-order valence-electron chi connectivity index (χ0n) is 23.3. The van der Waals surface area contributed by atoms with Crippen molar-refractivity contribution < 1.29 is 24.2 Å². The fourth-order valence-corrected chi connectivity index (χ4v) is 5.46. The fourth-order valence-electron chi connectivity index (χ4n) is 5.46. The highest BCUT2D eigenvalue weighted by Crippen LogP contribution is 2.41. The molecule has 0 aliphatic carbocycles. The summed E-state index contributed by atoms with van der Waals surface area (Å²) in [5.74, 6) is 0.0324. The summed E-state index contributed by atoms with van der Waals surface area (Å²) in [7, 11) is 0. The number of fused-ring (bicyclic) bond motifs is 1. The van der Waals surface area contributed by atoms with Gasteiger partial charge in [0.1, 0.15) is 30.0 Å². The molecule has 0 radical (unpaired) electrons. The Balaban J connectivity index is 1.48. The Hall–Kier alpha value is -4.10. The van der Waals surface area contributed by atoms with Crippen LogP contribution in [0.4, 0.5) is 0 Å². The Morgan fingerprint density at radius 1 is 1.02 bits per heavy atom. The maximum absolute atomic E-state index is 13.4. The summed E-state index contributed by atoms with van der Waals surface area (Å²) in [6.07, 6.45) is 0.781. The van der Waals surface area contributed by atoms with Crippen molar-refractivity contribution in [2.45, 2.75) is 45.9 Å². The van der Waals surface area contributed by atoms with E-state index in [4.69, 9.17) is 9.47 Å². The predicted octanol–water partition coefficient (Wildman–Crippen LogP) is 5.35. The monoisotopic (exact) mass is 540 g/mol. The number of aliphatic hydroxyl groups is 1. The Bertz CT molecular complexity index is 1400. The number of benzene rings is 3. The van der Waals surface area contributed by atoms with Gasteiger partial charge >= 0.3 is 0 Å². The number of amides is 1. The number of nitrogens with zero attached hydrogens (tertiary/aromatic N) is 2. The Labute approximate surface area is 235 Å². The third-order valence-electron chi connectivity index (χ3n) is 7.71. The van der Waals surface area contributed by atoms with Gasteiger partial charge in [0, 0.05) is 25.1 Å². The Kier molecular flexibility index (Phi) is 8.21. The van der Waals surface area contributed by atoms with Crippen LogP contribution in [0, 0.1) is 0 Å². The van der Waals surface area contributed by atoms with Gasteiger partial charge in [-0.25, -0.2) is 0 Å². The third kappa shape index (κ3) is 5.61. The number of rotatable bonds is 10. The molecular formula is C33H36N2O5. The summed E-state index contributed by atoms with van der Waals surface area (Å²) < 4.78 is 11.8. The van der Waals surface area contributed by atoms with Gasteiger partial charge in [-0.3, -0.25) is 9.59 Å². The number of aliphatic hydroxyl groups excluding tert-OH is 1. The van der Waals surface area contributed by atoms with Gasteiger partial charge in [-0.2, -0.15) is 0 Å². The lowest BCUT2D eigenvalue weighted by molar-refractivity contribution is -0.140. The first-order valence-corrected chi connectivity index (χ1v) is 14.0. The molecule has 0 saturated carbocycles. The Morgan fingerprint density at radius 3 is 2.45 bits per heavy atom. The first-order chi connectivity index (χ1) is 19.4. The van der Waals surface area contributed by atoms with Crippen molar-refractivity contribution in [3.8, 4) is 11.5 Å². The summed E-state index contributed by atoms with van der Waals surface area (Å²) >= 11 is 0. The average Bonchev–Trinajstić information content (AvgIpc) is 3.48. The van der Waals surface area contributed by atoms with E-state index >= 15 is 0 Å². The largest absolute Gasteiger partial charge is 0.507 e. The SMILES string of the molecule is CCN(CC)CCN1C(=O)C(=O)/C(=C(/O)c2ccc3c(c2)CC(C)O3)C1c1ccc(OCc2ccccc2)cc1. The van der Waals surface area contributed by atoms with Crippen molar-refractivity contribution in [2.24, 2.45) is 0 Å². The van der Waals surface area contributed by atoms with Crippen molar-refractivity contribution in [3.05, 3.63) is 101 Å². The van der Waals surface area contributed by atoms with Crippen molar-refractivity contribution in [1.82, 2.24) is 9.80 Å². The second-order valence-corrected chi connectivity index (χ2v) is 10.3. The van der Waals surface area contributed by atoms with E-state index in [2.05, 4.69) is 18.7 Å². The van der Waals surface area contributed by atoms with Crippen LogP contribution in [-0.2, 0) is 22.6 Å². The van der Waals surface area contributed by atoms with Crippen LogP contribution >= 0.6 is 0 Å². The highest BCUT2D eigenvalue weighted by Gasteiger charge is 2.46. The summed E-state index contributed by atoms with van der Waals surface area (Å²) in [4.78, 5) is 30.6. The average molecular weight is 541 g/mol. The third-order valence-corrected chi connectivity index (χ3v) is 7.71. The second-order valence-electron chi connectivity index (χ2n) is 10.3. The molecule has 2 aliphatic rings. The van der Waals surface area contributed by atoms with Crippen LogP contribution in [0.1, 0.15) is 49.1 Å². The van der Waals surface area contributed by atoms with Gasteiger partial charge in [-0.1, -0.05) is 56.3 Å². The maximum Gasteiger partial charge on any atom is 0.295 e. The Morgan fingerprint density at radius 2 is 1.75 bits per heavy atom. The topological polar surface area (TPSA) is 79.3 Å². The number of ketones is 1. The number of hydrogen-bond acceptors (Lipinski definition) is 6. The molecule has 0 aromatic heterocycles. The van der Waals surface area contributed by atoms with Gasteiger partial charge < -0.3 is 24.4 Å². The summed E-state index contributed by atoms with van der Waals surface area (Å²) in [6, 6.07) is 22.0.